The maximum Gasteiger partial charge on any atom is 0.326 e. The Balaban J connectivity index is 1.38. The second-order valence-corrected chi connectivity index (χ2v) is 28.8. The van der Waals surface area contributed by atoms with Crippen LogP contribution < -0.4 is 18.9 Å². The van der Waals surface area contributed by atoms with E-state index in [9.17, 15) is 58.8 Å². The summed E-state index contributed by atoms with van der Waals surface area (Å²) in [5, 5.41) is 42.2. The van der Waals surface area contributed by atoms with Gasteiger partial charge in [-0.2, -0.15) is 0 Å². The summed E-state index contributed by atoms with van der Waals surface area (Å²) in [6, 6.07) is 45.9. The molecule has 0 saturated carbocycles. The second kappa shape index (κ2) is 45.9. The van der Waals surface area contributed by atoms with E-state index in [4.69, 9.17) is 37.9 Å². The Hall–Kier alpha value is -13.4. The predicted octanol–water partition coefficient (Wildman–Crippen LogP) is 12.2. The molecule has 0 aromatic heterocycles. The Kier molecular flexibility index (Phi) is 34.6. The summed E-state index contributed by atoms with van der Waals surface area (Å²) in [6.07, 6.45) is 2.57. The van der Waals surface area contributed by atoms with E-state index in [0.717, 1.165) is 19.6 Å². The normalized spacial score (nSPS) is 11.4. The van der Waals surface area contributed by atoms with Crippen LogP contribution in [0.5, 0.6) is 23.0 Å². The van der Waals surface area contributed by atoms with E-state index in [1.54, 1.807) is 121 Å². The van der Waals surface area contributed by atoms with Crippen LogP contribution in [0.1, 0.15) is 187 Å². The van der Waals surface area contributed by atoms with E-state index in [1.807, 2.05) is 27.7 Å². The number of amides is 4. The summed E-state index contributed by atoms with van der Waals surface area (Å²) < 4.78 is 50.3. The van der Waals surface area contributed by atoms with Crippen molar-refractivity contribution < 1.29 is 116 Å². The number of nitrogens with zero attached hydrogens (tertiary/aromatic N) is 4. The highest BCUT2D eigenvalue weighted by atomic mass is 16.5. The number of carbonyl (C=O) groups is 12. The van der Waals surface area contributed by atoms with Crippen LogP contribution in [0, 0.1) is 0 Å². The number of fused-ring (bicyclic) bond motifs is 8. The molecule has 0 fully saturated rings. The third kappa shape index (κ3) is 27.4. The van der Waals surface area contributed by atoms with Gasteiger partial charge in [0, 0.05) is 47.9 Å². The maximum absolute atomic E-state index is 15.8. The zero-order valence-corrected chi connectivity index (χ0v) is 67.7. The molecule has 8 aromatic rings. The van der Waals surface area contributed by atoms with Crippen molar-refractivity contribution in [1.82, 2.24) is 19.6 Å². The minimum Gasteiger partial charge on any atom is -0.493 e. The number of unbranched alkanes of at least 4 members (excludes halogenated alkanes) is 4. The lowest BCUT2D eigenvalue weighted by molar-refractivity contribution is -0.148. The lowest BCUT2D eigenvalue weighted by Gasteiger charge is -2.27. The second-order valence-electron chi connectivity index (χ2n) is 28.8. The molecular weight excluding hydrogens is 1550 g/mol. The standard InChI is InChI=1S/C92H100N4O24/c1-5-9-33-113-85-65-37-67-43-74(90(110)94(50-78(99)100)54-82(106)118-58-62-27-19-14-20-28-62)45-69(86(67)114-34-10-6-2)39-71-47-76(92(112)96(52-80(103)104)56-84(108)120-60-64-31-23-16-24-32-64)48-72(88(71)116-36-12-8-4)40-70-46-75(91(111)95(51-79(101)102)55-83(107)119-59-63-29-21-15-22-30-63)44-68(87(70)115-35-11-7-3)38-66(85)42-73(41-65)89(109)93(49-77(97)98)53-81(105)117-57-61-25-17-13-18-26-61/h13-32,41-48H,5-12,33-40,49-60H2,1-4H3,(H,97,98)(H,99,100)(H,101,102)(H,103,104). The van der Waals surface area contributed by atoms with Crippen molar-refractivity contribution in [3.8, 4) is 23.0 Å². The molecule has 1 aliphatic rings. The van der Waals surface area contributed by atoms with Crippen LogP contribution in [0.3, 0.4) is 0 Å². The van der Waals surface area contributed by atoms with Crippen molar-refractivity contribution in [3.63, 3.8) is 0 Å². The smallest absolute Gasteiger partial charge is 0.326 e. The fourth-order valence-corrected chi connectivity index (χ4v) is 13.3. The Morgan fingerprint density at radius 3 is 0.600 bits per heavy atom. The molecule has 28 nitrogen and oxygen atoms in total. The van der Waals surface area contributed by atoms with Crippen molar-refractivity contribution in [2.45, 2.75) is 131 Å². The summed E-state index contributed by atoms with van der Waals surface area (Å²) in [7, 11) is 0. The fourth-order valence-electron chi connectivity index (χ4n) is 13.3. The van der Waals surface area contributed by atoms with Gasteiger partial charge in [0.25, 0.3) is 23.6 Å². The first kappa shape index (κ1) is 90.5. The van der Waals surface area contributed by atoms with Gasteiger partial charge in [-0.25, -0.2) is 0 Å². The van der Waals surface area contributed by atoms with E-state index in [1.165, 1.54) is 48.5 Å². The number of aliphatic carboxylic acids is 4. The Bertz CT molecular complexity index is 4220. The number of rotatable bonds is 44. The van der Waals surface area contributed by atoms with Crippen molar-refractivity contribution in [2.24, 2.45) is 0 Å². The number of esters is 4. The summed E-state index contributed by atoms with van der Waals surface area (Å²) >= 11 is 0. The maximum atomic E-state index is 15.8. The molecule has 4 amide bonds. The van der Waals surface area contributed by atoms with Crippen molar-refractivity contribution in [2.75, 3.05) is 78.8 Å². The SMILES string of the molecule is CCCCOc1c2cc(C(=O)N(CC(=O)O)CC(=O)OCc3ccccc3)cc1Cc1cc(C(=O)N(CC(=O)O)CC(=O)OCc3ccccc3)cc(c1OCCCC)Cc1cc(C(=O)N(CC(=O)O)CC(=O)OCc3ccccc3)cc(c1OCCCC)Cc1cc(C(=O)N(CC(=O)O)CC(=O)OCc3ccccc3)cc(c1OCCCC)C2. The summed E-state index contributed by atoms with van der Waals surface area (Å²) in [6.45, 7) is -0.814. The number of hydrogen-bond acceptors (Lipinski definition) is 20. The third-order valence-electron chi connectivity index (χ3n) is 19.2. The molecule has 9 rings (SSSR count). The van der Waals surface area contributed by atoms with Gasteiger partial charge in [-0.05, 0) is 141 Å². The molecule has 0 heterocycles. The number of carbonyl (C=O) groups excluding carboxylic acids is 8. The first-order valence-corrected chi connectivity index (χ1v) is 39.9. The number of benzene rings is 8. The van der Waals surface area contributed by atoms with Gasteiger partial charge in [-0.1, -0.05) is 175 Å². The highest BCUT2D eigenvalue weighted by molar-refractivity contribution is 6.02. The number of carboxylic acid groups (broad SMARTS) is 4. The highest BCUT2D eigenvalue weighted by Crippen LogP contribution is 2.42. The van der Waals surface area contributed by atoms with Gasteiger partial charge in [-0.15, -0.1) is 0 Å². The molecule has 0 radical (unpaired) electrons. The minimum absolute atomic E-state index is 0.0137. The zero-order valence-electron chi connectivity index (χ0n) is 67.7. The van der Waals surface area contributed by atoms with Gasteiger partial charge in [0.05, 0.1) is 26.4 Å². The van der Waals surface area contributed by atoms with Gasteiger partial charge < -0.3 is 77.9 Å². The average molecular weight is 1650 g/mol. The molecule has 0 spiro atoms. The Labute approximate surface area is 695 Å². The molecule has 0 aliphatic heterocycles. The van der Waals surface area contributed by atoms with Crippen LogP contribution in [0.25, 0.3) is 0 Å². The largest absolute Gasteiger partial charge is 0.493 e. The monoisotopic (exact) mass is 1640 g/mol. The van der Waals surface area contributed by atoms with Crippen molar-refractivity contribution >= 4 is 71.4 Å². The van der Waals surface area contributed by atoms with Gasteiger partial charge in [0.15, 0.2) is 0 Å². The Morgan fingerprint density at radius 2 is 0.442 bits per heavy atom. The highest BCUT2D eigenvalue weighted by Gasteiger charge is 2.34. The van der Waals surface area contributed by atoms with E-state index in [2.05, 4.69) is 0 Å². The van der Waals surface area contributed by atoms with E-state index < -0.39 is 124 Å². The van der Waals surface area contributed by atoms with Gasteiger partial charge in [0.2, 0.25) is 0 Å². The topological polar surface area (TPSA) is 373 Å². The predicted molar refractivity (Wildman–Crippen MR) is 438 cm³/mol. The van der Waals surface area contributed by atoms with Crippen LogP contribution in [-0.2, 0) is 109 Å². The lowest BCUT2D eigenvalue weighted by atomic mass is 9.87. The number of ether oxygens (including phenoxy) is 8. The molecule has 4 N–H and O–H groups in total. The first-order chi connectivity index (χ1) is 57.9. The van der Waals surface area contributed by atoms with E-state index in [-0.39, 0.29) is 168 Å². The van der Waals surface area contributed by atoms with Crippen LogP contribution in [-0.4, -0.2) is 190 Å². The lowest BCUT2D eigenvalue weighted by Crippen LogP contribution is -2.40. The number of hydrogen-bond donors (Lipinski definition) is 4. The summed E-state index contributed by atoms with van der Waals surface area (Å²) in [4.78, 5) is 174. The van der Waals surface area contributed by atoms with Gasteiger partial charge in [-0.3, -0.25) is 57.5 Å². The zero-order chi connectivity index (χ0) is 86.0. The summed E-state index contributed by atoms with van der Waals surface area (Å²) in [5.74, 6) is -13.5. The van der Waals surface area contributed by atoms with Gasteiger partial charge in [0.1, 0.15) is 102 Å². The van der Waals surface area contributed by atoms with Crippen LogP contribution >= 0.6 is 0 Å². The average Bonchev–Trinajstić information content (AvgIpc) is 0.764. The molecule has 0 saturated heterocycles. The fraction of sp³-hybridized carbons (Fsp3) is 0.348. The molecule has 8 bridgehead atoms. The first-order valence-electron chi connectivity index (χ1n) is 39.9. The minimum atomic E-state index is -1.51. The van der Waals surface area contributed by atoms with E-state index >= 15 is 19.2 Å². The molecule has 1 aliphatic carbocycles. The molecule has 632 valence electrons. The molecule has 0 atom stereocenters. The molecule has 8 aromatic carbocycles. The van der Waals surface area contributed by atoms with E-state index in [0.29, 0.717) is 73.6 Å². The molecule has 28 heteroatoms. The summed E-state index contributed by atoms with van der Waals surface area (Å²) in [5.41, 5.74) is 2.72. The number of carboxylic acids is 4. The van der Waals surface area contributed by atoms with Crippen LogP contribution in [0.2, 0.25) is 0 Å². The van der Waals surface area contributed by atoms with Crippen molar-refractivity contribution in [1.29, 1.82) is 0 Å². The Morgan fingerprint density at radius 1 is 0.267 bits per heavy atom. The molecule has 120 heavy (non-hydrogen) atoms. The molecular formula is C92H100N4O24. The van der Waals surface area contributed by atoms with Crippen LogP contribution in [0.15, 0.2) is 170 Å². The van der Waals surface area contributed by atoms with Gasteiger partial charge >= 0.3 is 47.8 Å². The molecule has 0 unspecified atom stereocenters. The van der Waals surface area contributed by atoms with Crippen LogP contribution in [0.4, 0.5) is 0 Å². The van der Waals surface area contributed by atoms with Crippen molar-refractivity contribution in [3.05, 3.63) is 259 Å². The third-order valence-corrected chi connectivity index (χ3v) is 19.2. The quantitative estimate of drug-likeness (QED) is 0.0156.